The minimum atomic E-state index is -1.02. The first-order valence-electron chi connectivity index (χ1n) is 10.6. The Labute approximate surface area is 187 Å². The van der Waals surface area contributed by atoms with Gasteiger partial charge in [-0.3, -0.25) is 9.59 Å². The monoisotopic (exact) mass is 450 g/mol. The number of anilines is 1. The molecule has 7 nitrogen and oxygen atoms in total. The molecule has 0 spiro atoms. The number of furan rings is 1. The number of halogens is 2. The molecule has 0 bridgehead atoms. The van der Waals surface area contributed by atoms with Crippen LogP contribution in [-0.2, 0) is 0 Å². The van der Waals surface area contributed by atoms with Gasteiger partial charge in [0.05, 0.1) is 18.1 Å². The molecule has 1 aliphatic rings. The molecule has 2 N–H and O–H groups in total. The topological polar surface area (TPSA) is 92.9 Å². The number of hydrogen-bond acceptors (Lipinski definition) is 4. The minimum absolute atomic E-state index is 0.0197. The van der Waals surface area contributed by atoms with E-state index in [0.29, 0.717) is 41.2 Å². The predicted molar refractivity (Wildman–Crippen MR) is 118 cm³/mol. The Kier molecular flexibility index (Phi) is 5.37. The van der Waals surface area contributed by atoms with Gasteiger partial charge in [-0.2, -0.15) is 0 Å². The van der Waals surface area contributed by atoms with Gasteiger partial charge >= 0.3 is 0 Å². The summed E-state index contributed by atoms with van der Waals surface area (Å²) in [4.78, 5) is 31.1. The maximum Gasteiger partial charge on any atom is 0.291 e. The van der Waals surface area contributed by atoms with Crippen molar-refractivity contribution in [1.82, 2.24) is 14.5 Å². The van der Waals surface area contributed by atoms with Crippen LogP contribution < -0.4 is 10.9 Å². The van der Waals surface area contributed by atoms with Crippen LogP contribution in [0.15, 0.2) is 70.3 Å². The Bertz CT molecular complexity index is 1360. The third-order valence-electron chi connectivity index (χ3n) is 5.76. The molecule has 33 heavy (non-hydrogen) atoms. The van der Waals surface area contributed by atoms with Crippen molar-refractivity contribution >= 4 is 11.6 Å². The molecule has 0 saturated heterocycles. The summed E-state index contributed by atoms with van der Waals surface area (Å²) in [5, 5.41) is 2.61. The smallest absolute Gasteiger partial charge is 0.291 e. The quantitative estimate of drug-likeness (QED) is 0.450. The van der Waals surface area contributed by atoms with E-state index in [-0.39, 0.29) is 17.1 Å². The fourth-order valence-corrected chi connectivity index (χ4v) is 4.19. The number of nitrogens with zero attached hydrogens (tertiary/aromatic N) is 2. The summed E-state index contributed by atoms with van der Waals surface area (Å²) in [6.45, 7) is 0. The number of hydrogen-bond donors (Lipinski definition) is 2. The number of imidazole rings is 1. The number of carbonyl (C=O) groups is 1. The first-order chi connectivity index (χ1) is 16.0. The van der Waals surface area contributed by atoms with Crippen LogP contribution in [0.5, 0.6) is 0 Å². The standard InChI is InChI=1S/C24H20F2N4O3/c25-15-6-4-14(5-7-15)22-23(30(13-28-22)18-3-1-2-17(18)26)19-8-9-20(33-19)24(32)29-16-10-11-27-21(31)12-16/h4-13,17-18H,1-3H2,(H2,27,29,31,32)/t17-,18?/m1/s1. The second-order valence-electron chi connectivity index (χ2n) is 7.93. The zero-order chi connectivity index (χ0) is 22.9. The average Bonchev–Trinajstić information content (AvgIpc) is 3.53. The first kappa shape index (κ1) is 20.9. The maximum absolute atomic E-state index is 14.6. The van der Waals surface area contributed by atoms with E-state index < -0.39 is 18.1 Å². The zero-order valence-corrected chi connectivity index (χ0v) is 17.4. The zero-order valence-electron chi connectivity index (χ0n) is 17.4. The normalized spacial score (nSPS) is 17.9. The molecule has 4 aromatic rings. The SMILES string of the molecule is O=C(Nc1cc[nH]c(=O)c1)c1ccc(-c2c(-c3ccc(F)cc3)ncn2C2CCC[C@H]2F)o1. The number of aromatic nitrogens is 3. The summed E-state index contributed by atoms with van der Waals surface area (Å²) in [7, 11) is 0. The van der Waals surface area contributed by atoms with Gasteiger partial charge in [-0.25, -0.2) is 13.8 Å². The number of benzene rings is 1. The first-order valence-corrected chi connectivity index (χ1v) is 10.6. The van der Waals surface area contributed by atoms with Crippen molar-refractivity contribution in [3.05, 3.63) is 83.0 Å². The van der Waals surface area contributed by atoms with E-state index in [2.05, 4.69) is 15.3 Å². The molecule has 3 heterocycles. The second kappa shape index (κ2) is 8.50. The highest BCUT2D eigenvalue weighted by Crippen LogP contribution is 2.40. The molecule has 1 unspecified atom stereocenters. The van der Waals surface area contributed by atoms with Gasteiger partial charge in [-0.05, 0) is 61.7 Å². The molecule has 1 amide bonds. The van der Waals surface area contributed by atoms with Crippen LogP contribution in [0.3, 0.4) is 0 Å². The average molecular weight is 450 g/mol. The molecule has 1 saturated carbocycles. The van der Waals surface area contributed by atoms with Crippen LogP contribution in [0.4, 0.5) is 14.5 Å². The summed E-state index contributed by atoms with van der Waals surface area (Å²) in [6.07, 6.45) is 3.86. The number of alkyl halides is 1. The summed E-state index contributed by atoms with van der Waals surface area (Å²) in [6, 6.07) is 11.4. The number of H-pyrrole nitrogens is 1. The Morgan fingerprint density at radius 2 is 1.97 bits per heavy atom. The lowest BCUT2D eigenvalue weighted by molar-refractivity contribution is 0.0997. The fraction of sp³-hybridized carbons (Fsp3) is 0.208. The van der Waals surface area contributed by atoms with E-state index in [1.165, 1.54) is 30.5 Å². The van der Waals surface area contributed by atoms with Crippen LogP contribution in [0, 0.1) is 5.82 Å². The predicted octanol–water partition coefficient (Wildman–Crippen LogP) is 4.95. The van der Waals surface area contributed by atoms with E-state index >= 15 is 0 Å². The number of nitrogens with one attached hydrogen (secondary N) is 2. The third-order valence-corrected chi connectivity index (χ3v) is 5.76. The number of pyridine rings is 1. The Hall–Kier alpha value is -4.01. The molecule has 2 atom stereocenters. The highest BCUT2D eigenvalue weighted by atomic mass is 19.1. The highest BCUT2D eigenvalue weighted by molar-refractivity contribution is 6.02. The molecule has 1 fully saturated rings. The molecule has 1 aliphatic carbocycles. The molecule has 5 rings (SSSR count). The van der Waals surface area contributed by atoms with Crippen molar-refractivity contribution < 1.29 is 18.0 Å². The van der Waals surface area contributed by atoms with E-state index in [1.807, 2.05) is 0 Å². The van der Waals surface area contributed by atoms with Gasteiger partial charge in [0, 0.05) is 23.5 Å². The third kappa shape index (κ3) is 4.09. The largest absolute Gasteiger partial charge is 0.449 e. The van der Waals surface area contributed by atoms with Crippen molar-refractivity contribution in [2.45, 2.75) is 31.5 Å². The van der Waals surface area contributed by atoms with Gasteiger partial charge in [0.2, 0.25) is 5.56 Å². The van der Waals surface area contributed by atoms with Crippen molar-refractivity contribution in [2.75, 3.05) is 5.32 Å². The molecule has 0 radical (unpaired) electrons. The lowest BCUT2D eigenvalue weighted by Gasteiger charge is -2.17. The molecule has 168 valence electrons. The summed E-state index contributed by atoms with van der Waals surface area (Å²) in [5.74, 6) is -0.560. The number of rotatable bonds is 5. The van der Waals surface area contributed by atoms with Crippen LogP contribution in [-0.4, -0.2) is 26.6 Å². The van der Waals surface area contributed by atoms with Crippen molar-refractivity contribution in [1.29, 1.82) is 0 Å². The van der Waals surface area contributed by atoms with E-state index in [9.17, 15) is 18.4 Å². The van der Waals surface area contributed by atoms with Gasteiger partial charge in [0.15, 0.2) is 11.5 Å². The van der Waals surface area contributed by atoms with Crippen LogP contribution in [0.2, 0.25) is 0 Å². The Balaban J connectivity index is 1.53. The maximum atomic E-state index is 14.6. The van der Waals surface area contributed by atoms with Crippen molar-refractivity contribution in [2.24, 2.45) is 0 Å². The molecule has 0 aliphatic heterocycles. The number of amides is 1. The van der Waals surface area contributed by atoms with Gasteiger partial charge in [-0.1, -0.05) is 0 Å². The van der Waals surface area contributed by atoms with Crippen LogP contribution >= 0.6 is 0 Å². The van der Waals surface area contributed by atoms with Gasteiger partial charge in [-0.15, -0.1) is 0 Å². The Morgan fingerprint density at radius 3 is 2.70 bits per heavy atom. The van der Waals surface area contributed by atoms with Crippen molar-refractivity contribution in [3.63, 3.8) is 0 Å². The summed E-state index contributed by atoms with van der Waals surface area (Å²) in [5.41, 5.74) is 1.64. The Morgan fingerprint density at radius 1 is 1.15 bits per heavy atom. The second-order valence-corrected chi connectivity index (χ2v) is 7.93. The fourth-order valence-electron chi connectivity index (χ4n) is 4.19. The summed E-state index contributed by atoms with van der Waals surface area (Å²) >= 11 is 0. The summed E-state index contributed by atoms with van der Waals surface area (Å²) < 4.78 is 35.7. The van der Waals surface area contributed by atoms with E-state index in [4.69, 9.17) is 4.42 Å². The lowest BCUT2D eigenvalue weighted by atomic mass is 10.1. The lowest BCUT2D eigenvalue weighted by Crippen LogP contribution is -2.15. The van der Waals surface area contributed by atoms with E-state index in [0.717, 1.165) is 6.42 Å². The van der Waals surface area contributed by atoms with Crippen LogP contribution in [0.25, 0.3) is 22.7 Å². The van der Waals surface area contributed by atoms with Crippen LogP contribution in [0.1, 0.15) is 35.9 Å². The molecule has 1 aromatic carbocycles. The van der Waals surface area contributed by atoms with Gasteiger partial charge in [0.25, 0.3) is 5.91 Å². The van der Waals surface area contributed by atoms with Gasteiger partial charge in [0.1, 0.15) is 17.7 Å². The molecular weight excluding hydrogens is 430 g/mol. The molecular formula is C24H20F2N4O3. The molecule has 9 heteroatoms. The number of aromatic amines is 1. The minimum Gasteiger partial charge on any atom is -0.449 e. The van der Waals surface area contributed by atoms with Crippen molar-refractivity contribution in [3.8, 4) is 22.7 Å². The van der Waals surface area contributed by atoms with E-state index in [1.54, 1.807) is 35.2 Å². The molecule has 3 aromatic heterocycles. The highest BCUT2D eigenvalue weighted by Gasteiger charge is 2.32. The van der Waals surface area contributed by atoms with Gasteiger partial charge < -0.3 is 19.3 Å². The number of carbonyl (C=O) groups excluding carboxylic acids is 1.